The van der Waals surface area contributed by atoms with Crippen LogP contribution in [0, 0.1) is 6.92 Å². The SMILES string of the molecule is C=C(C)CN(C)S(=O)(=O)c1cc(C(=O)O)oc1C. The minimum absolute atomic E-state index is 0.0564. The molecule has 0 aliphatic carbocycles. The molecule has 100 valence electrons. The van der Waals surface area contributed by atoms with Crippen molar-refractivity contribution in [2.45, 2.75) is 18.7 Å². The van der Waals surface area contributed by atoms with Crippen LogP contribution in [-0.2, 0) is 10.0 Å². The average Bonchev–Trinajstić information content (AvgIpc) is 2.59. The van der Waals surface area contributed by atoms with Gasteiger partial charge in [-0.3, -0.25) is 0 Å². The second-order valence-corrected chi connectivity index (χ2v) is 6.07. The highest BCUT2D eigenvalue weighted by Crippen LogP contribution is 2.23. The molecule has 0 saturated heterocycles. The Morgan fingerprint density at radius 2 is 2.11 bits per heavy atom. The van der Waals surface area contributed by atoms with E-state index in [-0.39, 0.29) is 17.2 Å². The zero-order valence-electron chi connectivity index (χ0n) is 10.4. The summed E-state index contributed by atoms with van der Waals surface area (Å²) in [5.74, 6) is -1.64. The summed E-state index contributed by atoms with van der Waals surface area (Å²) < 4.78 is 30.3. The molecule has 1 N–H and O–H groups in total. The van der Waals surface area contributed by atoms with Crippen molar-refractivity contribution < 1.29 is 22.7 Å². The predicted octanol–water partition coefficient (Wildman–Crippen LogP) is 1.48. The van der Waals surface area contributed by atoms with Gasteiger partial charge >= 0.3 is 5.97 Å². The Morgan fingerprint density at radius 3 is 2.50 bits per heavy atom. The van der Waals surface area contributed by atoms with E-state index in [4.69, 9.17) is 9.52 Å². The molecule has 6 nitrogen and oxygen atoms in total. The highest BCUT2D eigenvalue weighted by Gasteiger charge is 2.27. The zero-order valence-corrected chi connectivity index (χ0v) is 11.2. The lowest BCUT2D eigenvalue weighted by Gasteiger charge is -2.16. The number of carboxylic acids is 1. The molecule has 0 radical (unpaired) electrons. The standard InChI is InChI=1S/C11H15NO5S/c1-7(2)6-12(4)18(15,16)10-5-9(11(13)14)17-8(10)3/h5H,1,6H2,2-4H3,(H,13,14). The van der Waals surface area contributed by atoms with Crippen molar-refractivity contribution in [1.29, 1.82) is 0 Å². The molecule has 0 aliphatic heterocycles. The van der Waals surface area contributed by atoms with Gasteiger partial charge in [0.1, 0.15) is 10.7 Å². The summed E-state index contributed by atoms with van der Waals surface area (Å²) in [5, 5.41) is 8.76. The van der Waals surface area contributed by atoms with E-state index in [1.165, 1.54) is 14.0 Å². The van der Waals surface area contributed by atoms with Crippen LogP contribution in [-0.4, -0.2) is 37.4 Å². The van der Waals surface area contributed by atoms with Crippen LogP contribution in [0.15, 0.2) is 27.5 Å². The molecule has 1 aromatic heterocycles. The monoisotopic (exact) mass is 273 g/mol. The summed E-state index contributed by atoms with van der Waals surface area (Å²) in [7, 11) is -2.36. The molecule has 1 heterocycles. The number of aromatic carboxylic acids is 1. The molecule has 0 aromatic carbocycles. The highest BCUT2D eigenvalue weighted by molar-refractivity contribution is 7.89. The molecule has 0 atom stereocenters. The van der Waals surface area contributed by atoms with Crippen molar-refractivity contribution in [2.75, 3.05) is 13.6 Å². The van der Waals surface area contributed by atoms with Gasteiger partial charge in [0.25, 0.3) is 0 Å². The first kappa shape index (κ1) is 14.5. The molecule has 0 fully saturated rings. The fraction of sp³-hybridized carbons (Fsp3) is 0.364. The minimum atomic E-state index is -3.76. The lowest BCUT2D eigenvalue weighted by Crippen LogP contribution is -2.28. The maximum absolute atomic E-state index is 12.2. The van der Waals surface area contributed by atoms with Crippen LogP contribution in [0.5, 0.6) is 0 Å². The van der Waals surface area contributed by atoms with Gasteiger partial charge in [0, 0.05) is 19.7 Å². The third kappa shape index (κ3) is 2.80. The van der Waals surface area contributed by atoms with Gasteiger partial charge in [-0.2, -0.15) is 4.31 Å². The largest absolute Gasteiger partial charge is 0.475 e. The Hall–Kier alpha value is -1.60. The summed E-state index contributed by atoms with van der Waals surface area (Å²) >= 11 is 0. The molecule has 0 unspecified atom stereocenters. The second kappa shape index (κ2) is 4.95. The number of aryl methyl sites for hydroxylation is 1. The lowest BCUT2D eigenvalue weighted by molar-refractivity contribution is 0.0661. The van der Waals surface area contributed by atoms with Crippen LogP contribution in [0.4, 0.5) is 0 Å². The first-order chi connectivity index (χ1) is 8.16. The summed E-state index contributed by atoms with van der Waals surface area (Å²) in [4.78, 5) is 10.6. The Labute approximate surface area is 106 Å². The van der Waals surface area contributed by atoms with Gasteiger partial charge < -0.3 is 9.52 Å². The highest BCUT2D eigenvalue weighted by atomic mass is 32.2. The van der Waals surface area contributed by atoms with E-state index < -0.39 is 21.8 Å². The second-order valence-electron chi connectivity index (χ2n) is 4.05. The van der Waals surface area contributed by atoms with E-state index in [0.717, 1.165) is 10.4 Å². The van der Waals surface area contributed by atoms with Crippen LogP contribution in [0.3, 0.4) is 0 Å². The molecule has 0 saturated carbocycles. The first-order valence-corrected chi connectivity index (χ1v) is 6.54. The fourth-order valence-corrected chi connectivity index (χ4v) is 2.85. The van der Waals surface area contributed by atoms with Crippen molar-refractivity contribution in [1.82, 2.24) is 4.31 Å². The van der Waals surface area contributed by atoms with E-state index in [1.807, 2.05) is 0 Å². The number of nitrogens with zero attached hydrogens (tertiary/aromatic N) is 1. The summed E-state index contributed by atoms with van der Waals surface area (Å²) in [6.45, 7) is 6.91. The molecule has 1 rings (SSSR count). The number of hydrogen-bond acceptors (Lipinski definition) is 4. The fourth-order valence-electron chi connectivity index (χ4n) is 1.46. The minimum Gasteiger partial charge on any atom is -0.475 e. The van der Waals surface area contributed by atoms with E-state index >= 15 is 0 Å². The first-order valence-electron chi connectivity index (χ1n) is 5.10. The molecular formula is C11H15NO5S. The number of furan rings is 1. The Bertz CT molecular complexity index is 585. The molecule has 7 heteroatoms. The van der Waals surface area contributed by atoms with E-state index in [1.54, 1.807) is 6.92 Å². The van der Waals surface area contributed by atoms with E-state index in [9.17, 15) is 13.2 Å². The quantitative estimate of drug-likeness (QED) is 0.821. The summed E-state index contributed by atoms with van der Waals surface area (Å²) in [6.07, 6.45) is 0. The van der Waals surface area contributed by atoms with Crippen LogP contribution in [0.1, 0.15) is 23.2 Å². The third-order valence-corrected chi connectivity index (χ3v) is 4.17. The molecule has 0 aliphatic rings. The predicted molar refractivity (Wildman–Crippen MR) is 65.0 cm³/mol. The van der Waals surface area contributed by atoms with Gasteiger partial charge in [0.05, 0.1) is 0 Å². The van der Waals surface area contributed by atoms with Crippen LogP contribution in [0.25, 0.3) is 0 Å². The summed E-state index contributed by atoms with van der Waals surface area (Å²) in [5.41, 5.74) is 0.681. The molecule has 0 amide bonds. The number of rotatable bonds is 5. The number of sulfonamides is 1. The third-order valence-electron chi connectivity index (χ3n) is 2.26. The average molecular weight is 273 g/mol. The Balaban J connectivity index is 3.20. The number of carbonyl (C=O) groups is 1. The molecule has 18 heavy (non-hydrogen) atoms. The molecule has 0 bridgehead atoms. The van der Waals surface area contributed by atoms with Crippen molar-refractivity contribution in [3.8, 4) is 0 Å². The lowest BCUT2D eigenvalue weighted by atomic mass is 10.4. The van der Waals surface area contributed by atoms with Crippen LogP contribution < -0.4 is 0 Å². The molecule has 1 aromatic rings. The van der Waals surface area contributed by atoms with Crippen LogP contribution >= 0.6 is 0 Å². The maximum Gasteiger partial charge on any atom is 0.371 e. The van der Waals surface area contributed by atoms with Crippen molar-refractivity contribution >= 4 is 16.0 Å². The Morgan fingerprint density at radius 1 is 1.56 bits per heavy atom. The number of hydrogen-bond donors (Lipinski definition) is 1. The van der Waals surface area contributed by atoms with E-state index in [0.29, 0.717) is 5.57 Å². The van der Waals surface area contributed by atoms with Crippen molar-refractivity contribution in [2.24, 2.45) is 0 Å². The van der Waals surface area contributed by atoms with Gasteiger partial charge in [-0.1, -0.05) is 12.2 Å². The normalized spacial score (nSPS) is 11.8. The van der Waals surface area contributed by atoms with Gasteiger partial charge in [-0.25, -0.2) is 13.2 Å². The van der Waals surface area contributed by atoms with Crippen LogP contribution in [0.2, 0.25) is 0 Å². The summed E-state index contributed by atoms with van der Waals surface area (Å²) in [6, 6.07) is 1.02. The smallest absolute Gasteiger partial charge is 0.371 e. The number of likely N-dealkylation sites (N-methyl/N-ethyl adjacent to an activating group) is 1. The zero-order chi connectivity index (χ0) is 14.1. The molecular weight excluding hydrogens is 258 g/mol. The van der Waals surface area contributed by atoms with Gasteiger partial charge in [-0.05, 0) is 13.8 Å². The van der Waals surface area contributed by atoms with Gasteiger partial charge in [-0.15, -0.1) is 0 Å². The van der Waals surface area contributed by atoms with Crippen molar-refractivity contribution in [3.05, 3.63) is 29.7 Å². The van der Waals surface area contributed by atoms with Gasteiger partial charge in [0.15, 0.2) is 0 Å². The topological polar surface area (TPSA) is 87.8 Å². The maximum atomic E-state index is 12.2. The number of carboxylic acid groups (broad SMARTS) is 1. The molecule has 0 spiro atoms. The van der Waals surface area contributed by atoms with Crippen molar-refractivity contribution in [3.63, 3.8) is 0 Å². The van der Waals surface area contributed by atoms with Gasteiger partial charge in [0.2, 0.25) is 15.8 Å². The Kier molecular flexibility index (Phi) is 3.98. The van der Waals surface area contributed by atoms with E-state index in [2.05, 4.69) is 6.58 Å².